The van der Waals surface area contributed by atoms with Crippen molar-refractivity contribution in [3.63, 3.8) is 0 Å². The first kappa shape index (κ1) is 23.0. The molecule has 1 atom stereocenters. The number of benzene rings is 1. The number of hydrogen-bond acceptors (Lipinski definition) is 6. The van der Waals surface area contributed by atoms with Crippen molar-refractivity contribution in [2.45, 2.75) is 38.3 Å². The van der Waals surface area contributed by atoms with Crippen molar-refractivity contribution in [2.24, 2.45) is 0 Å². The van der Waals surface area contributed by atoms with E-state index in [1.54, 1.807) is 6.07 Å². The molecule has 0 spiro atoms. The number of nitriles is 1. The van der Waals surface area contributed by atoms with Gasteiger partial charge < -0.3 is 10.1 Å². The fourth-order valence-electron chi connectivity index (χ4n) is 4.05. The summed E-state index contributed by atoms with van der Waals surface area (Å²) >= 11 is 7.39. The van der Waals surface area contributed by atoms with Crippen molar-refractivity contribution in [1.29, 1.82) is 5.26 Å². The number of carbonyl (C=O) groups is 1. The van der Waals surface area contributed by atoms with Gasteiger partial charge in [0.1, 0.15) is 4.70 Å². The van der Waals surface area contributed by atoms with Gasteiger partial charge in [-0.15, -0.1) is 11.3 Å². The van der Waals surface area contributed by atoms with E-state index in [1.807, 2.05) is 6.07 Å². The molecule has 1 aromatic carbocycles. The molecule has 1 amide bonds. The predicted molar refractivity (Wildman–Crippen MR) is 123 cm³/mol. The fourth-order valence-corrected chi connectivity index (χ4v) is 5.48. The predicted octanol–water partition coefficient (Wildman–Crippen LogP) is 3.45. The summed E-state index contributed by atoms with van der Waals surface area (Å²) in [6.45, 7) is 0.574. The molecule has 0 radical (unpaired) electrons. The van der Waals surface area contributed by atoms with E-state index in [4.69, 9.17) is 21.6 Å². The van der Waals surface area contributed by atoms with Gasteiger partial charge in [0.25, 0.3) is 5.56 Å². The molecule has 0 aliphatic carbocycles. The maximum Gasteiger partial charge on any atom is 0.331 e. The van der Waals surface area contributed by atoms with Gasteiger partial charge in [-0.1, -0.05) is 11.6 Å². The number of nitrogens with zero attached hydrogens (tertiary/aromatic N) is 3. The number of carbonyl (C=O) groups excluding carboxylic acids is 1. The number of amides is 1. The van der Waals surface area contributed by atoms with Crippen molar-refractivity contribution in [3.8, 4) is 22.3 Å². The van der Waals surface area contributed by atoms with Crippen LogP contribution in [0.25, 0.3) is 20.7 Å². The van der Waals surface area contributed by atoms with E-state index in [-0.39, 0.29) is 36.1 Å². The van der Waals surface area contributed by atoms with Crippen LogP contribution >= 0.6 is 22.9 Å². The van der Waals surface area contributed by atoms with Crippen LogP contribution in [0.4, 0.5) is 4.39 Å². The zero-order valence-electron chi connectivity index (χ0n) is 17.7. The lowest BCUT2D eigenvalue weighted by atomic mass is 10.1. The number of aryl methyl sites for hydroxylation is 1. The number of ether oxygens (including phenoxy) is 1. The lowest BCUT2D eigenvalue weighted by Crippen LogP contribution is -2.42. The monoisotopic (exact) mass is 490 g/mol. The van der Waals surface area contributed by atoms with Gasteiger partial charge in [0.15, 0.2) is 11.6 Å². The van der Waals surface area contributed by atoms with E-state index < -0.39 is 23.1 Å². The number of halogens is 2. The highest BCUT2D eigenvalue weighted by Crippen LogP contribution is 2.39. The highest BCUT2D eigenvalue weighted by Gasteiger charge is 2.26. The van der Waals surface area contributed by atoms with Crippen LogP contribution in [-0.4, -0.2) is 28.7 Å². The van der Waals surface area contributed by atoms with Crippen molar-refractivity contribution in [2.75, 3.05) is 13.7 Å². The van der Waals surface area contributed by atoms with Gasteiger partial charge in [0.2, 0.25) is 5.91 Å². The van der Waals surface area contributed by atoms with Crippen LogP contribution in [0.1, 0.15) is 31.7 Å². The number of nitrogens with one attached hydrogen (secondary N) is 1. The summed E-state index contributed by atoms with van der Waals surface area (Å²) < 4.78 is 21.9. The molecule has 1 saturated heterocycles. The van der Waals surface area contributed by atoms with Crippen LogP contribution in [0.3, 0.4) is 0 Å². The van der Waals surface area contributed by atoms with Gasteiger partial charge in [0, 0.05) is 30.0 Å². The van der Waals surface area contributed by atoms with Crippen LogP contribution in [0.15, 0.2) is 27.8 Å². The Hall–Kier alpha value is -3.16. The molecule has 0 bridgehead atoms. The van der Waals surface area contributed by atoms with Crippen LogP contribution in [0, 0.1) is 17.1 Å². The Morgan fingerprint density at radius 2 is 2.12 bits per heavy atom. The Bertz CT molecular complexity index is 1400. The summed E-state index contributed by atoms with van der Waals surface area (Å²) in [5.41, 5.74) is -0.233. The molecule has 172 valence electrons. The molecule has 3 aromatic rings. The van der Waals surface area contributed by atoms with E-state index in [2.05, 4.69) is 5.32 Å². The van der Waals surface area contributed by atoms with Crippen LogP contribution in [-0.2, 0) is 11.3 Å². The first-order chi connectivity index (χ1) is 15.8. The molecule has 0 unspecified atom stereocenters. The maximum absolute atomic E-state index is 14.0. The normalized spacial score (nSPS) is 16.3. The summed E-state index contributed by atoms with van der Waals surface area (Å²) in [7, 11) is 1.34. The molecule has 2 aromatic heterocycles. The van der Waals surface area contributed by atoms with Gasteiger partial charge in [-0.2, -0.15) is 5.26 Å². The Labute approximate surface area is 196 Å². The second-order valence-corrected chi connectivity index (χ2v) is 9.12. The van der Waals surface area contributed by atoms with Crippen molar-refractivity contribution in [3.05, 3.63) is 49.9 Å². The molecular weight excluding hydrogens is 471 g/mol. The second-order valence-electron chi connectivity index (χ2n) is 7.66. The molecule has 1 aliphatic heterocycles. The van der Waals surface area contributed by atoms with Gasteiger partial charge >= 0.3 is 5.69 Å². The van der Waals surface area contributed by atoms with Crippen LogP contribution in [0.5, 0.6) is 5.75 Å². The molecule has 11 heteroatoms. The second kappa shape index (κ2) is 9.37. The zero-order chi connectivity index (χ0) is 23.7. The van der Waals surface area contributed by atoms with Gasteiger partial charge in [-0.25, -0.2) is 9.18 Å². The molecule has 3 heterocycles. The third kappa shape index (κ3) is 4.26. The summed E-state index contributed by atoms with van der Waals surface area (Å²) in [5.74, 6) is -0.840. The largest absolute Gasteiger partial charge is 0.494 e. The Kier molecular flexibility index (Phi) is 6.54. The molecule has 1 N–H and O–H groups in total. The number of aromatic nitrogens is 2. The average molecular weight is 491 g/mol. The molecule has 4 rings (SSSR count). The third-order valence-corrected chi connectivity index (χ3v) is 7.09. The number of fused-ring (bicyclic) bond motifs is 1. The summed E-state index contributed by atoms with van der Waals surface area (Å²) in [6.07, 6.45) is 1.23. The Morgan fingerprint density at radius 1 is 1.33 bits per heavy atom. The number of thiophene rings is 1. The zero-order valence-corrected chi connectivity index (χ0v) is 19.3. The van der Waals surface area contributed by atoms with Crippen molar-refractivity contribution >= 4 is 39.1 Å². The minimum atomic E-state index is -0.618. The quantitative estimate of drug-likeness (QED) is 0.589. The standard InChI is InChI=1S/C22H20ClFN4O4S/c1-32-17-9-13(14(23)10-15(17)24)18-11-16-20(33-18)21(30)28(22(31)27(16)7-3-5-25)12-4-2-6-26-19(29)8-12/h9-12H,2-4,6-8H2,1H3,(H,26,29)/t12-/m1/s1. The molecule has 8 nitrogen and oxygen atoms in total. The van der Waals surface area contributed by atoms with E-state index in [0.717, 1.165) is 22.0 Å². The minimum Gasteiger partial charge on any atom is -0.494 e. The summed E-state index contributed by atoms with van der Waals surface area (Å²) in [4.78, 5) is 39.5. The number of methoxy groups -OCH3 is 1. The van der Waals surface area contributed by atoms with Crippen molar-refractivity contribution in [1.82, 2.24) is 14.5 Å². The first-order valence-corrected chi connectivity index (χ1v) is 11.5. The van der Waals surface area contributed by atoms with E-state index in [9.17, 15) is 18.8 Å². The number of rotatable bonds is 5. The van der Waals surface area contributed by atoms with Crippen LogP contribution in [0.2, 0.25) is 5.02 Å². The molecule has 33 heavy (non-hydrogen) atoms. The highest BCUT2D eigenvalue weighted by atomic mass is 35.5. The van der Waals surface area contributed by atoms with Gasteiger partial charge in [0.05, 0.1) is 36.2 Å². The molecule has 1 fully saturated rings. The Balaban J connectivity index is 1.96. The minimum absolute atomic E-state index is 0.00407. The first-order valence-electron chi connectivity index (χ1n) is 10.3. The number of hydrogen-bond donors (Lipinski definition) is 1. The van der Waals surface area contributed by atoms with Crippen LogP contribution < -0.4 is 21.3 Å². The lowest BCUT2D eigenvalue weighted by molar-refractivity contribution is -0.121. The van der Waals surface area contributed by atoms with E-state index in [0.29, 0.717) is 40.0 Å². The Morgan fingerprint density at radius 3 is 2.85 bits per heavy atom. The SMILES string of the molecule is COc1cc(-c2cc3c(s2)c(=O)n([C@@H]2CCCNC(=O)C2)c(=O)n3CCC#N)c(Cl)cc1F. The average Bonchev–Trinajstić information content (AvgIpc) is 3.10. The third-order valence-electron chi connectivity index (χ3n) is 5.63. The van der Waals surface area contributed by atoms with Gasteiger partial charge in [-0.3, -0.25) is 18.7 Å². The van der Waals surface area contributed by atoms with Crippen molar-refractivity contribution < 1.29 is 13.9 Å². The molecule has 1 aliphatic rings. The smallest absolute Gasteiger partial charge is 0.331 e. The topological polar surface area (TPSA) is 106 Å². The summed E-state index contributed by atoms with van der Waals surface area (Å²) in [6, 6.07) is 5.65. The fraction of sp³-hybridized carbons (Fsp3) is 0.364. The lowest BCUT2D eigenvalue weighted by Gasteiger charge is -2.18. The highest BCUT2D eigenvalue weighted by molar-refractivity contribution is 7.22. The summed E-state index contributed by atoms with van der Waals surface area (Å²) in [5, 5.41) is 12.0. The van der Waals surface area contributed by atoms with Gasteiger partial charge in [-0.05, 0) is 31.0 Å². The van der Waals surface area contributed by atoms with E-state index in [1.165, 1.54) is 17.7 Å². The van der Waals surface area contributed by atoms with E-state index >= 15 is 0 Å². The maximum atomic E-state index is 14.0. The molecule has 0 saturated carbocycles. The molecular formula is C22H20ClFN4O4S.